The van der Waals surface area contributed by atoms with E-state index in [4.69, 9.17) is 11.6 Å². The molecule has 0 radical (unpaired) electrons. The molecule has 20 heavy (non-hydrogen) atoms. The molecule has 0 bridgehead atoms. The van der Waals surface area contributed by atoms with Gasteiger partial charge in [-0.3, -0.25) is 9.59 Å². The van der Waals surface area contributed by atoms with Gasteiger partial charge >= 0.3 is 0 Å². The Balaban J connectivity index is 2.24. The molecule has 1 aromatic carbocycles. The highest BCUT2D eigenvalue weighted by Gasteiger charge is 2.38. The predicted molar refractivity (Wildman–Crippen MR) is 72.2 cm³/mol. The van der Waals surface area contributed by atoms with Crippen LogP contribution in [0.25, 0.3) is 0 Å². The van der Waals surface area contributed by atoms with Crippen LogP contribution in [-0.2, 0) is 4.79 Å². The first-order chi connectivity index (χ1) is 9.45. The molecule has 1 amide bonds. The molecule has 0 aliphatic carbocycles. The van der Waals surface area contributed by atoms with Crippen LogP contribution in [0.2, 0.25) is 0 Å². The van der Waals surface area contributed by atoms with Gasteiger partial charge in [-0.25, -0.2) is 8.78 Å². The minimum atomic E-state index is -0.991. The second kappa shape index (κ2) is 5.87. The molecule has 108 valence electrons. The molecule has 3 nitrogen and oxygen atoms in total. The van der Waals surface area contributed by atoms with E-state index in [1.54, 1.807) is 0 Å². The van der Waals surface area contributed by atoms with Crippen LogP contribution in [-0.4, -0.2) is 24.1 Å². The van der Waals surface area contributed by atoms with E-state index in [0.717, 1.165) is 17.4 Å². The lowest BCUT2D eigenvalue weighted by Crippen LogP contribution is -2.31. The summed E-state index contributed by atoms with van der Waals surface area (Å²) in [7, 11) is 0. The van der Waals surface area contributed by atoms with E-state index in [0.29, 0.717) is 18.4 Å². The van der Waals surface area contributed by atoms with Crippen LogP contribution in [0.1, 0.15) is 30.1 Å². The smallest absolute Gasteiger partial charge is 0.299 e. The summed E-state index contributed by atoms with van der Waals surface area (Å²) in [6, 6.07) is 1.64. The Bertz CT molecular complexity index is 562. The van der Waals surface area contributed by atoms with Crippen LogP contribution in [0.5, 0.6) is 0 Å². The van der Waals surface area contributed by atoms with Gasteiger partial charge in [0.05, 0.1) is 11.3 Å². The third kappa shape index (κ3) is 2.68. The Hall–Kier alpha value is -1.49. The number of carbonyl (C=O) groups excluding carboxylic acids is 2. The molecule has 0 fully saturated rings. The van der Waals surface area contributed by atoms with Gasteiger partial charge in [-0.05, 0) is 24.8 Å². The van der Waals surface area contributed by atoms with E-state index in [2.05, 4.69) is 0 Å². The Labute approximate surface area is 120 Å². The number of nitrogens with zero attached hydrogens (tertiary/aromatic N) is 1. The first kappa shape index (κ1) is 14.9. The third-order valence-electron chi connectivity index (χ3n) is 3.44. The molecule has 0 spiro atoms. The highest BCUT2D eigenvalue weighted by molar-refractivity contribution is 6.52. The van der Waals surface area contributed by atoms with Crippen LogP contribution in [0.3, 0.4) is 0 Å². The maximum Gasteiger partial charge on any atom is 0.299 e. The van der Waals surface area contributed by atoms with Gasteiger partial charge in [-0.2, -0.15) is 0 Å². The zero-order chi connectivity index (χ0) is 14.9. The monoisotopic (exact) mass is 301 g/mol. The number of carbonyl (C=O) groups is 2. The van der Waals surface area contributed by atoms with Crippen molar-refractivity contribution in [1.82, 2.24) is 0 Å². The molecule has 6 heteroatoms. The SMILES string of the molecule is CC(CCCl)CCN1C(=O)C(=O)c2c(F)cc(F)cc21. The number of hydrogen-bond acceptors (Lipinski definition) is 2. The molecule has 0 aromatic heterocycles. The summed E-state index contributed by atoms with van der Waals surface area (Å²) >= 11 is 5.63. The molecular weight excluding hydrogens is 288 g/mol. The topological polar surface area (TPSA) is 37.4 Å². The van der Waals surface area contributed by atoms with E-state index in [-0.39, 0.29) is 23.7 Å². The summed E-state index contributed by atoms with van der Waals surface area (Å²) < 4.78 is 26.9. The number of alkyl halides is 1. The van der Waals surface area contributed by atoms with Crippen molar-refractivity contribution in [3.8, 4) is 0 Å². The number of Topliss-reactive ketones (excluding diaryl/α,β-unsaturated/α-hetero) is 1. The van der Waals surface area contributed by atoms with Gasteiger partial charge < -0.3 is 4.90 Å². The quantitative estimate of drug-likeness (QED) is 0.619. The van der Waals surface area contributed by atoms with Gasteiger partial charge in [0.2, 0.25) is 0 Å². The Morgan fingerprint density at radius 2 is 1.95 bits per heavy atom. The van der Waals surface area contributed by atoms with Gasteiger partial charge in [0, 0.05) is 18.5 Å². The van der Waals surface area contributed by atoms with Crippen LogP contribution < -0.4 is 4.90 Å². The van der Waals surface area contributed by atoms with Crippen molar-refractivity contribution < 1.29 is 18.4 Å². The first-order valence-corrected chi connectivity index (χ1v) is 6.90. The van der Waals surface area contributed by atoms with Crippen molar-refractivity contribution in [2.45, 2.75) is 19.8 Å². The highest BCUT2D eigenvalue weighted by Crippen LogP contribution is 2.32. The van der Waals surface area contributed by atoms with Gasteiger partial charge in [0.1, 0.15) is 11.6 Å². The summed E-state index contributed by atoms with van der Waals surface area (Å²) in [6.07, 6.45) is 1.39. The highest BCUT2D eigenvalue weighted by atomic mass is 35.5. The minimum absolute atomic E-state index is 0.0237. The normalized spacial score (nSPS) is 15.7. The maximum atomic E-state index is 13.6. The number of benzene rings is 1. The molecule has 1 aliphatic heterocycles. The van der Waals surface area contributed by atoms with Crippen LogP contribution in [0.4, 0.5) is 14.5 Å². The Kier molecular flexibility index (Phi) is 4.38. The standard InChI is InChI=1S/C14H14ClF2NO2/c1-8(2-4-15)3-5-18-11-7-9(16)6-10(17)12(11)13(19)14(18)20/h6-8H,2-5H2,1H3. The van der Waals surface area contributed by atoms with E-state index in [1.807, 2.05) is 6.92 Å². The zero-order valence-electron chi connectivity index (χ0n) is 11.0. The first-order valence-electron chi connectivity index (χ1n) is 6.37. The van der Waals surface area contributed by atoms with Crippen molar-refractivity contribution in [2.24, 2.45) is 5.92 Å². The second-order valence-electron chi connectivity index (χ2n) is 4.94. The van der Waals surface area contributed by atoms with Crippen molar-refractivity contribution >= 4 is 29.0 Å². The number of amides is 1. The molecule has 1 aromatic rings. The van der Waals surface area contributed by atoms with Crippen molar-refractivity contribution in [1.29, 1.82) is 0 Å². The molecule has 0 saturated carbocycles. The van der Waals surface area contributed by atoms with Crippen LogP contribution in [0.15, 0.2) is 12.1 Å². The van der Waals surface area contributed by atoms with E-state index < -0.39 is 23.3 Å². The lowest BCUT2D eigenvalue weighted by atomic mass is 10.0. The number of ketones is 1. The minimum Gasteiger partial charge on any atom is -0.305 e. The molecule has 1 aliphatic rings. The number of hydrogen-bond donors (Lipinski definition) is 0. The fourth-order valence-electron chi connectivity index (χ4n) is 2.24. The van der Waals surface area contributed by atoms with Gasteiger partial charge in [0.25, 0.3) is 11.7 Å². The summed E-state index contributed by atoms with van der Waals surface area (Å²) in [5.41, 5.74) is -0.308. The summed E-state index contributed by atoms with van der Waals surface area (Å²) in [4.78, 5) is 24.7. The summed E-state index contributed by atoms with van der Waals surface area (Å²) in [5, 5.41) is 0. The third-order valence-corrected chi connectivity index (χ3v) is 3.66. The van der Waals surface area contributed by atoms with E-state index in [1.165, 1.54) is 0 Å². The zero-order valence-corrected chi connectivity index (χ0v) is 11.7. The Morgan fingerprint density at radius 3 is 2.60 bits per heavy atom. The number of anilines is 1. The molecular formula is C14H14ClF2NO2. The van der Waals surface area contributed by atoms with E-state index >= 15 is 0 Å². The average Bonchev–Trinajstić information content (AvgIpc) is 2.60. The van der Waals surface area contributed by atoms with Crippen molar-refractivity contribution in [2.75, 3.05) is 17.3 Å². The summed E-state index contributed by atoms with van der Waals surface area (Å²) in [5.74, 6) is -2.74. The van der Waals surface area contributed by atoms with Crippen molar-refractivity contribution in [3.63, 3.8) is 0 Å². The fraction of sp³-hybridized carbons (Fsp3) is 0.429. The lowest BCUT2D eigenvalue weighted by Gasteiger charge is -2.18. The second-order valence-corrected chi connectivity index (χ2v) is 5.32. The van der Waals surface area contributed by atoms with Gasteiger partial charge in [0.15, 0.2) is 0 Å². The molecule has 1 unspecified atom stereocenters. The Morgan fingerprint density at radius 1 is 1.25 bits per heavy atom. The van der Waals surface area contributed by atoms with Crippen molar-refractivity contribution in [3.05, 3.63) is 29.3 Å². The van der Waals surface area contributed by atoms with Crippen LogP contribution >= 0.6 is 11.6 Å². The van der Waals surface area contributed by atoms with Gasteiger partial charge in [-0.1, -0.05) is 6.92 Å². The maximum absolute atomic E-state index is 13.6. The largest absolute Gasteiger partial charge is 0.305 e. The number of fused-ring (bicyclic) bond motifs is 1. The molecule has 0 saturated heterocycles. The van der Waals surface area contributed by atoms with Crippen LogP contribution in [0, 0.1) is 17.6 Å². The van der Waals surface area contributed by atoms with Gasteiger partial charge in [-0.15, -0.1) is 11.6 Å². The van der Waals surface area contributed by atoms with E-state index in [9.17, 15) is 18.4 Å². The predicted octanol–water partition coefficient (Wildman–Crippen LogP) is 3.15. The molecule has 0 N–H and O–H groups in total. The average molecular weight is 302 g/mol. The fourth-order valence-corrected chi connectivity index (χ4v) is 2.61. The number of halogens is 3. The number of rotatable bonds is 5. The summed E-state index contributed by atoms with van der Waals surface area (Å²) in [6.45, 7) is 2.22. The lowest BCUT2D eigenvalue weighted by molar-refractivity contribution is -0.114. The molecule has 1 heterocycles. The molecule has 1 atom stereocenters. The molecule has 2 rings (SSSR count).